The van der Waals surface area contributed by atoms with Crippen LogP contribution in [0.25, 0.3) is 0 Å². The van der Waals surface area contributed by atoms with Gasteiger partial charge in [0, 0.05) is 17.9 Å². The van der Waals surface area contributed by atoms with Crippen molar-refractivity contribution in [3.63, 3.8) is 0 Å². The third kappa shape index (κ3) is 2.71. The van der Waals surface area contributed by atoms with Crippen molar-refractivity contribution in [1.82, 2.24) is 0 Å². The Balaban J connectivity index is 1.98. The van der Waals surface area contributed by atoms with E-state index in [1.54, 1.807) is 0 Å². The van der Waals surface area contributed by atoms with Crippen LogP contribution in [0.3, 0.4) is 0 Å². The Morgan fingerprint density at radius 3 is 2.81 bits per heavy atom. The monoisotopic (exact) mass is 396 g/mol. The summed E-state index contributed by atoms with van der Waals surface area (Å²) in [7, 11) is 0. The summed E-state index contributed by atoms with van der Waals surface area (Å²) in [6, 6.07) is 8.07. The Morgan fingerprint density at radius 2 is 2.19 bits per heavy atom. The smallest absolute Gasteiger partial charge is 0.133 e. The van der Waals surface area contributed by atoms with Crippen LogP contribution in [0.15, 0.2) is 24.3 Å². The predicted molar refractivity (Wildman–Crippen MR) is 76.3 cm³/mol. The molecule has 2 nitrogen and oxygen atoms in total. The molecule has 1 saturated carbocycles. The van der Waals surface area contributed by atoms with E-state index < -0.39 is 0 Å². The van der Waals surface area contributed by atoms with Crippen LogP contribution in [0.5, 0.6) is 5.75 Å². The molecule has 0 spiro atoms. The van der Waals surface area contributed by atoms with Gasteiger partial charge in [0.1, 0.15) is 18.0 Å². The molecule has 2 rings (SSSR count). The molecular formula is C12H14BrIO2. The van der Waals surface area contributed by atoms with Gasteiger partial charge in [-0.05, 0) is 41.6 Å². The van der Waals surface area contributed by atoms with Crippen LogP contribution in [0, 0.1) is 3.57 Å². The number of benzene rings is 1. The SMILES string of the molecule is CCOC1C(Br)CC1Oc1ccccc1I. The topological polar surface area (TPSA) is 18.5 Å². The second kappa shape index (κ2) is 5.69. The largest absolute Gasteiger partial charge is 0.487 e. The average molecular weight is 397 g/mol. The number of para-hydroxylation sites is 1. The normalized spacial score (nSPS) is 28.6. The van der Waals surface area contributed by atoms with Crippen molar-refractivity contribution in [2.75, 3.05) is 6.61 Å². The first kappa shape index (κ1) is 12.6. The van der Waals surface area contributed by atoms with Gasteiger partial charge >= 0.3 is 0 Å². The summed E-state index contributed by atoms with van der Waals surface area (Å²) in [6.45, 7) is 2.75. The summed E-state index contributed by atoms with van der Waals surface area (Å²) in [6.07, 6.45) is 1.37. The van der Waals surface area contributed by atoms with Gasteiger partial charge in [0.2, 0.25) is 0 Å². The molecule has 0 amide bonds. The van der Waals surface area contributed by atoms with Crippen LogP contribution in [-0.4, -0.2) is 23.6 Å². The van der Waals surface area contributed by atoms with Gasteiger partial charge in [-0.2, -0.15) is 0 Å². The minimum Gasteiger partial charge on any atom is -0.487 e. The fraction of sp³-hybridized carbons (Fsp3) is 0.500. The Kier molecular flexibility index (Phi) is 4.49. The number of hydrogen-bond acceptors (Lipinski definition) is 2. The van der Waals surface area contributed by atoms with Crippen LogP contribution >= 0.6 is 38.5 Å². The number of hydrogen-bond donors (Lipinski definition) is 0. The lowest BCUT2D eigenvalue weighted by Gasteiger charge is -2.40. The Morgan fingerprint density at radius 1 is 1.44 bits per heavy atom. The van der Waals surface area contributed by atoms with E-state index in [1.165, 1.54) is 0 Å². The molecule has 4 heteroatoms. The summed E-state index contributed by atoms with van der Waals surface area (Å²) in [5.74, 6) is 0.956. The van der Waals surface area contributed by atoms with Crippen LogP contribution in [0.1, 0.15) is 13.3 Å². The average Bonchev–Trinajstić information content (AvgIpc) is 2.28. The molecule has 0 radical (unpaired) electrons. The van der Waals surface area contributed by atoms with Crippen molar-refractivity contribution in [1.29, 1.82) is 0 Å². The number of halogens is 2. The van der Waals surface area contributed by atoms with Gasteiger partial charge in [-0.25, -0.2) is 0 Å². The molecule has 3 unspecified atom stereocenters. The molecule has 88 valence electrons. The fourth-order valence-electron chi connectivity index (χ4n) is 1.75. The lowest BCUT2D eigenvalue weighted by molar-refractivity contribution is -0.0726. The highest BCUT2D eigenvalue weighted by Gasteiger charge is 2.42. The van der Waals surface area contributed by atoms with E-state index in [0.29, 0.717) is 4.83 Å². The van der Waals surface area contributed by atoms with Gasteiger partial charge < -0.3 is 9.47 Å². The van der Waals surface area contributed by atoms with Gasteiger partial charge in [0.15, 0.2) is 0 Å². The van der Waals surface area contributed by atoms with Gasteiger partial charge in [-0.15, -0.1) is 0 Å². The molecule has 1 aliphatic carbocycles. The highest BCUT2D eigenvalue weighted by molar-refractivity contribution is 14.1. The van der Waals surface area contributed by atoms with E-state index in [1.807, 2.05) is 25.1 Å². The van der Waals surface area contributed by atoms with Crippen LogP contribution in [-0.2, 0) is 4.74 Å². The van der Waals surface area contributed by atoms with E-state index in [9.17, 15) is 0 Å². The lowest BCUT2D eigenvalue weighted by Crippen LogP contribution is -2.52. The molecule has 3 atom stereocenters. The maximum absolute atomic E-state index is 5.95. The molecule has 1 aliphatic rings. The van der Waals surface area contributed by atoms with Crippen molar-refractivity contribution in [2.45, 2.75) is 30.4 Å². The van der Waals surface area contributed by atoms with Crippen LogP contribution in [0.4, 0.5) is 0 Å². The molecule has 0 saturated heterocycles. The van der Waals surface area contributed by atoms with Gasteiger partial charge in [0.05, 0.1) is 3.57 Å². The molecule has 1 fully saturated rings. The van der Waals surface area contributed by atoms with Crippen LogP contribution in [0.2, 0.25) is 0 Å². The zero-order valence-electron chi connectivity index (χ0n) is 9.03. The van der Waals surface area contributed by atoms with E-state index in [2.05, 4.69) is 44.6 Å². The first-order chi connectivity index (χ1) is 7.72. The minimum absolute atomic E-state index is 0.181. The molecule has 1 aromatic rings. The maximum Gasteiger partial charge on any atom is 0.133 e. The molecule has 0 heterocycles. The lowest BCUT2D eigenvalue weighted by atomic mass is 9.91. The molecule has 16 heavy (non-hydrogen) atoms. The van der Waals surface area contributed by atoms with Gasteiger partial charge in [-0.1, -0.05) is 28.1 Å². The second-order valence-electron chi connectivity index (χ2n) is 3.76. The predicted octanol–water partition coefficient (Wildman–Crippen LogP) is 3.61. The number of rotatable bonds is 4. The van der Waals surface area contributed by atoms with E-state index in [-0.39, 0.29) is 12.2 Å². The zero-order chi connectivity index (χ0) is 11.5. The van der Waals surface area contributed by atoms with Crippen molar-refractivity contribution in [3.05, 3.63) is 27.8 Å². The van der Waals surface area contributed by atoms with Gasteiger partial charge in [0.25, 0.3) is 0 Å². The van der Waals surface area contributed by atoms with Crippen molar-refractivity contribution in [3.8, 4) is 5.75 Å². The maximum atomic E-state index is 5.95. The first-order valence-electron chi connectivity index (χ1n) is 5.39. The highest BCUT2D eigenvalue weighted by atomic mass is 127. The minimum atomic E-state index is 0.181. The number of ether oxygens (including phenoxy) is 2. The van der Waals surface area contributed by atoms with E-state index in [0.717, 1.165) is 22.3 Å². The zero-order valence-corrected chi connectivity index (χ0v) is 12.8. The quantitative estimate of drug-likeness (QED) is 0.571. The van der Waals surface area contributed by atoms with Crippen LogP contribution < -0.4 is 4.74 Å². The standard InChI is InChI=1S/C12H14BrIO2/c1-2-15-12-8(13)7-11(12)16-10-6-4-3-5-9(10)14/h3-6,8,11-12H,2,7H2,1H3. The summed E-state index contributed by atoms with van der Waals surface area (Å²) in [4.78, 5) is 0.429. The molecular weight excluding hydrogens is 383 g/mol. The molecule has 1 aromatic carbocycles. The summed E-state index contributed by atoms with van der Waals surface area (Å²) >= 11 is 5.88. The second-order valence-corrected chi connectivity index (χ2v) is 6.10. The van der Waals surface area contributed by atoms with E-state index >= 15 is 0 Å². The van der Waals surface area contributed by atoms with Gasteiger partial charge in [-0.3, -0.25) is 0 Å². The Bertz CT molecular complexity index is 359. The Hall–Kier alpha value is 0.190. The third-order valence-corrected chi connectivity index (χ3v) is 4.44. The molecule has 0 bridgehead atoms. The summed E-state index contributed by atoms with van der Waals surface area (Å²) < 4.78 is 12.7. The number of alkyl halides is 1. The molecule has 0 aromatic heterocycles. The summed E-state index contributed by atoms with van der Waals surface area (Å²) in [5, 5.41) is 0. The highest BCUT2D eigenvalue weighted by Crippen LogP contribution is 2.35. The van der Waals surface area contributed by atoms with Crippen molar-refractivity contribution < 1.29 is 9.47 Å². The molecule has 0 N–H and O–H groups in total. The van der Waals surface area contributed by atoms with Crippen molar-refractivity contribution >= 4 is 38.5 Å². The van der Waals surface area contributed by atoms with Crippen molar-refractivity contribution in [2.24, 2.45) is 0 Å². The fourth-order valence-corrected chi connectivity index (χ4v) is 3.13. The summed E-state index contributed by atoms with van der Waals surface area (Å²) in [5.41, 5.74) is 0. The first-order valence-corrected chi connectivity index (χ1v) is 7.38. The third-order valence-electron chi connectivity index (χ3n) is 2.65. The molecule has 0 aliphatic heterocycles. The van der Waals surface area contributed by atoms with E-state index in [4.69, 9.17) is 9.47 Å². The Labute approximate surface area is 118 Å².